The van der Waals surface area contributed by atoms with Crippen molar-refractivity contribution in [3.05, 3.63) is 77.9 Å². The quantitative estimate of drug-likeness (QED) is 0.792. The number of nitrogens with zero attached hydrogens (tertiary/aromatic N) is 3. The number of aromatic nitrogens is 2. The van der Waals surface area contributed by atoms with Gasteiger partial charge in [0.05, 0.1) is 17.5 Å². The molecule has 0 spiro atoms. The standard InChI is InChI=1S/C18H15N5O2/c24-18(25)12-4-6-14(7-5-12)21-16-9-13(10-20-22-16)15-11-19-17-3-1-2-8-23(15)17/h1-7,9-11,19H,8H2,(H,21,22)(H,24,25). The third-order valence-electron chi connectivity index (χ3n) is 3.97. The van der Waals surface area contributed by atoms with Crippen molar-refractivity contribution in [2.75, 3.05) is 11.9 Å². The van der Waals surface area contributed by atoms with Crippen molar-refractivity contribution < 1.29 is 9.90 Å². The van der Waals surface area contributed by atoms with Gasteiger partial charge in [0.25, 0.3) is 0 Å². The first kappa shape index (κ1) is 14.9. The summed E-state index contributed by atoms with van der Waals surface area (Å²) in [6.07, 6.45) is 9.79. The Morgan fingerprint density at radius 1 is 1.28 bits per heavy atom. The van der Waals surface area contributed by atoms with Crippen LogP contribution < -0.4 is 10.6 Å². The van der Waals surface area contributed by atoms with Crippen molar-refractivity contribution in [3.8, 4) is 0 Å². The molecule has 4 rings (SSSR count). The molecule has 0 radical (unpaired) electrons. The van der Waals surface area contributed by atoms with E-state index in [-0.39, 0.29) is 5.56 Å². The Labute approximate surface area is 144 Å². The lowest BCUT2D eigenvalue weighted by Gasteiger charge is -2.23. The highest BCUT2D eigenvalue weighted by molar-refractivity contribution is 5.88. The van der Waals surface area contributed by atoms with Crippen molar-refractivity contribution in [2.24, 2.45) is 0 Å². The predicted molar refractivity (Wildman–Crippen MR) is 93.8 cm³/mol. The summed E-state index contributed by atoms with van der Waals surface area (Å²) in [4.78, 5) is 13.1. The number of carboxylic acids is 1. The van der Waals surface area contributed by atoms with Crippen LogP contribution in [0.3, 0.4) is 0 Å². The number of hydrogen-bond donors (Lipinski definition) is 3. The van der Waals surface area contributed by atoms with E-state index in [0.29, 0.717) is 5.82 Å². The Morgan fingerprint density at radius 3 is 2.92 bits per heavy atom. The van der Waals surface area contributed by atoms with Gasteiger partial charge in [0.1, 0.15) is 5.82 Å². The number of carbonyl (C=O) groups is 1. The second-order valence-corrected chi connectivity index (χ2v) is 5.60. The molecule has 7 heteroatoms. The van der Waals surface area contributed by atoms with Gasteiger partial charge < -0.3 is 20.6 Å². The molecule has 0 bridgehead atoms. The molecule has 0 fully saturated rings. The lowest BCUT2D eigenvalue weighted by molar-refractivity contribution is 0.0697. The van der Waals surface area contributed by atoms with Crippen LogP contribution in [0.2, 0.25) is 0 Å². The van der Waals surface area contributed by atoms with E-state index in [4.69, 9.17) is 5.11 Å². The highest BCUT2D eigenvalue weighted by Gasteiger charge is 2.22. The molecule has 1 aromatic carbocycles. The lowest BCUT2D eigenvalue weighted by Crippen LogP contribution is -2.23. The minimum atomic E-state index is -0.951. The topological polar surface area (TPSA) is 90.4 Å². The summed E-state index contributed by atoms with van der Waals surface area (Å²) in [6, 6.07) is 8.40. The number of rotatable bonds is 4. The van der Waals surface area contributed by atoms with Crippen LogP contribution in [0.5, 0.6) is 0 Å². The zero-order valence-electron chi connectivity index (χ0n) is 13.2. The van der Waals surface area contributed by atoms with E-state index in [1.807, 2.05) is 24.4 Å². The molecule has 2 aromatic rings. The third kappa shape index (κ3) is 2.94. The first-order chi connectivity index (χ1) is 12.2. The molecule has 7 nitrogen and oxygen atoms in total. The molecule has 25 heavy (non-hydrogen) atoms. The van der Waals surface area contributed by atoms with Crippen molar-refractivity contribution in [1.29, 1.82) is 0 Å². The monoisotopic (exact) mass is 333 g/mol. The van der Waals surface area contributed by atoms with E-state index in [1.165, 1.54) is 0 Å². The van der Waals surface area contributed by atoms with Crippen molar-refractivity contribution in [3.63, 3.8) is 0 Å². The van der Waals surface area contributed by atoms with Gasteiger partial charge in [0, 0.05) is 24.0 Å². The maximum absolute atomic E-state index is 10.9. The molecule has 0 aliphatic carbocycles. The summed E-state index contributed by atoms with van der Waals surface area (Å²) < 4.78 is 0. The summed E-state index contributed by atoms with van der Waals surface area (Å²) in [7, 11) is 0. The van der Waals surface area contributed by atoms with Gasteiger partial charge in [-0.25, -0.2) is 4.79 Å². The van der Waals surface area contributed by atoms with Gasteiger partial charge in [-0.15, -0.1) is 5.10 Å². The Morgan fingerprint density at radius 2 is 2.12 bits per heavy atom. The molecule has 3 N–H and O–H groups in total. The molecule has 0 atom stereocenters. The highest BCUT2D eigenvalue weighted by atomic mass is 16.4. The maximum Gasteiger partial charge on any atom is 0.335 e. The first-order valence-corrected chi connectivity index (χ1v) is 7.75. The molecule has 1 aromatic heterocycles. The van der Waals surface area contributed by atoms with E-state index >= 15 is 0 Å². The summed E-state index contributed by atoms with van der Waals surface area (Å²) in [5.74, 6) is 0.674. The maximum atomic E-state index is 10.9. The van der Waals surface area contributed by atoms with Crippen LogP contribution in [0, 0.1) is 0 Å². The number of allylic oxidation sites excluding steroid dienone is 2. The molecule has 0 saturated carbocycles. The van der Waals surface area contributed by atoms with Crippen LogP contribution in [0.15, 0.2) is 66.8 Å². The molecule has 124 valence electrons. The van der Waals surface area contributed by atoms with E-state index in [1.54, 1.807) is 30.5 Å². The van der Waals surface area contributed by atoms with E-state index in [2.05, 4.69) is 31.8 Å². The van der Waals surface area contributed by atoms with Gasteiger partial charge in [-0.2, -0.15) is 5.10 Å². The lowest BCUT2D eigenvalue weighted by atomic mass is 10.2. The number of carboxylic acid groups (broad SMARTS) is 1. The number of aromatic carboxylic acids is 1. The predicted octanol–water partition coefficient (Wildman–Crippen LogP) is 2.53. The largest absolute Gasteiger partial charge is 0.478 e. The van der Waals surface area contributed by atoms with Gasteiger partial charge in [0.2, 0.25) is 0 Å². The van der Waals surface area contributed by atoms with Gasteiger partial charge in [-0.3, -0.25) is 0 Å². The number of fused-ring (bicyclic) bond motifs is 1. The summed E-state index contributed by atoms with van der Waals surface area (Å²) in [6.45, 7) is 0.798. The molecule has 0 unspecified atom stereocenters. The molecule has 0 amide bonds. The molecule has 3 heterocycles. The second-order valence-electron chi connectivity index (χ2n) is 5.60. The Kier molecular flexibility index (Phi) is 3.66. The average Bonchev–Trinajstić information content (AvgIpc) is 3.06. The Bertz CT molecular complexity index is 915. The fourth-order valence-electron chi connectivity index (χ4n) is 2.74. The molecule has 2 aliphatic rings. The Hall–Kier alpha value is -3.61. The Balaban J connectivity index is 1.55. The van der Waals surface area contributed by atoms with Crippen molar-refractivity contribution in [1.82, 2.24) is 20.4 Å². The zero-order chi connectivity index (χ0) is 17.2. The summed E-state index contributed by atoms with van der Waals surface area (Å²) in [5.41, 5.74) is 2.95. The first-order valence-electron chi connectivity index (χ1n) is 7.75. The number of nitrogens with one attached hydrogen (secondary N) is 2. The molecular weight excluding hydrogens is 318 g/mol. The molecule has 0 saturated heterocycles. The van der Waals surface area contributed by atoms with E-state index in [9.17, 15) is 4.79 Å². The molecule has 2 aliphatic heterocycles. The van der Waals surface area contributed by atoms with E-state index in [0.717, 1.165) is 29.3 Å². The summed E-state index contributed by atoms with van der Waals surface area (Å²) in [5, 5.41) is 23.5. The minimum Gasteiger partial charge on any atom is -0.478 e. The average molecular weight is 333 g/mol. The minimum absolute atomic E-state index is 0.241. The van der Waals surface area contributed by atoms with Gasteiger partial charge in [-0.05, 0) is 36.4 Å². The molecular formula is C18H15N5O2. The van der Waals surface area contributed by atoms with Crippen LogP contribution in [-0.2, 0) is 0 Å². The van der Waals surface area contributed by atoms with Crippen LogP contribution in [0.25, 0.3) is 5.70 Å². The summed E-state index contributed by atoms with van der Waals surface area (Å²) >= 11 is 0. The normalized spacial score (nSPS) is 15.1. The van der Waals surface area contributed by atoms with Crippen LogP contribution in [0.4, 0.5) is 11.5 Å². The van der Waals surface area contributed by atoms with Gasteiger partial charge in [0.15, 0.2) is 5.82 Å². The van der Waals surface area contributed by atoms with Crippen molar-refractivity contribution >= 4 is 23.2 Å². The number of hydrogen-bond acceptors (Lipinski definition) is 6. The van der Waals surface area contributed by atoms with Crippen molar-refractivity contribution in [2.45, 2.75) is 0 Å². The highest BCUT2D eigenvalue weighted by Crippen LogP contribution is 2.29. The van der Waals surface area contributed by atoms with Gasteiger partial charge in [-0.1, -0.05) is 12.2 Å². The SMILES string of the molecule is O=C(O)c1ccc(Nc2cc(C3=CNC4=CC=CCN43)cnn2)cc1. The second kappa shape index (κ2) is 6.12. The van der Waals surface area contributed by atoms with Crippen LogP contribution in [0.1, 0.15) is 15.9 Å². The third-order valence-corrected chi connectivity index (χ3v) is 3.97. The fourth-order valence-corrected chi connectivity index (χ4v) is 2.74. The van der Waals surface area contributed by atoms with Crippen LogP contribution >= 0.6 is 0 Å². The number of anilines is 2. The van der Waals surface area contributed by atoms with E-state index < -0.39 is 5.97 Å². The number of benzene rings is 1. The smallest absolute Gasteiger partial charge is 0.335 e. The zero-order valence-corrected chi connectivity index (χ0v) is 13.2. The van der Waals surface area contributed by atoms with Gasteiger partial charge >= 0.3 is 5.97 Å². The van der Waals surface area contributed by atoms with Crippen LogP contribution in [-0.4, -0.2) is 32.7 Å². The fraction of sp³-hybridized carbons (Fsp3) is 0.0556.